The number of carbonyl (C=O) groups is 3. The first kappa shape index (κ1) is 49.4. The summed E-state index contributed by atoms with van der Waals surface area (Å²) in [7, 11) is 0.895. The van der Waals surface area contributed by atoms with Crippen LogP contribution in [0.15, 0.2) is 30.3 Å². The average molecular weight is 867 g/mol. The second kappa shape index (κ2) is 25.1. The second-order valence-corrected chi connectivity index (χ2v) is 18.0. The van der Waals surface area contributed by atoms with Crippen LogP contribution >= 0.6 is 0 Å². The Bertz CT molecular complexity index is 1460. The third-order valence-electron chi connectivity index (χ3n) is 13.3. The van der Waals surface area contributed by atoms with Crippen LogP contribution in [-0.2, 0) is 53.1 Å². The van der Waals surface area contributed by atoms with Crippen LogP contribution in [0.2, 0.25) is 0 Å². The number of cyclic esters (lactones) is 1. The third-order valence-corrected chi connectivity index (χ3v) is 13.3. The summed E-state index contributed by atoms with van der Waals surface area (Å²) in [6.07, 6.45) is 14.7. The van der Waals surface area contributed by atoms with Gasteiger partial charge in [0.25, 0.3) is 5.60 Å². The lowest BCUT2D eigenvalue weighted by molar-refractivity contribution is -0.280. The smallest absolute Gasteiger partial charge is 0.432 e. The van der Waals surface area contributed by atoms with Crippen LogP contribution in [0.5, 0.6) is 0 Å². The molecule has 13 heteroatoms. The quantitative estimate of drug-likeness (QED) is 0.0658. The highest BCUT2D eigenvalue weighted by molar-refractivity contribution is 5.84. The van der Waals surface area contributed by atoms with E-state index in [1.54, 1.807) is 6.07 Å². The standard InChI is InChI=1S/C48H73F3O10/c1-4-5-6-7-8-9-13-19-24-41(61-46(54)47(55-3,48(49,50)51)36-20-15-14-16-21-36)44-30-29-43(60-44)40-28-27-39(56-33-57-40)42-26-25-37(58-42)22-17-11-10-12-18-23-38-32-35(31-34(2)52)45(53)59-38/h14-16,20-21,35,37-44H,4-13,17-19,22-33H2,1-3H3/t35-,37-,38-,39+,40-,41-,42+,43-,44-,47+/m1/s1. The number of ketones is 1. The highest BCUT2D eigenvalue weighted by atomic mass is 19.4. The maximum Gasteiger partial charge on any atom is 0.432 e. The van der Waals surface area contributed by atoms with Gasteiger partial charge in [0, 0.05) is 19.1 Å². The van der Waals surface area contributed by atoms with Gasteiger partial charge in [0.2, 0.25) is 0 Å². The molecular weight excluding hydrogens is 794 g/mol. The van der Waals surface area contributed by atoms with Crippen molar-refractivity contribution in [2.24, 2.45) is 5.92 Å². The molecule has 0 N–H and O–H groups in total. The van der Waals surface area contributed by atoms with Crippen LogP contribution in [0, 0.1) is 5.92 Å². The van der Waals surface area contributed by atoms with Crippen LogP contribution in [-0.4, -0.2) is 86.6 Å². The molecule has 61 heavy (non-hydrogen) atoms. The minimum atomic E-state index is -5.06. The van der Waals surface area contributed by atoms with Crippen molar-refractivity contribution in [1.29, 1.82) is 0 Å². The van der Waals surface area contributed by atoms with Crippen molar-refractivity contribution in [3.8, 4) is 0 Å². The van der Waals surface area contributed by atoms with E-state index in [1.165, 1.54) is 50.5 Å². The van der Waals surface area contributed by atoms with Gasteiger partial charge < -0.3 is 38.0 Å². The molecule has 10 atom stereocenters. The predicted molar refractivity (Wildman–Crippen MR) is 224 cm³/mol. The van der Waals surface area contributed by atoms with Crippen LogP contribution < -0.4 is 0 Å². The molecule has 4 saturated heterocycles. The van der Waals surface area contributed by atoms with Gasteiger partial charge >= 0.3 is 18.1 Å². The van der Waals surface area contributed by atoms with Crippen molar-refractivity contribution in [3.05, 3.63) is 35.9 Å². The van der Waals surface area contributed by atoms with Gasteiger partial charge in [-0.05, 0) is 84.0 Å². The number of carbonyl (C=O) groups excluding carboxylic acids is 3. The molecule has 0 aliphatic carbocycles. The number of methoxy groups -OCH3 is 1. The fourth-order valence-corrected chi connectivity index (χ4v) is 9.85. The maximum atomic E-state index is 14.8. The number of hydrogen-bond acceptors (Lipinski definition) is 10. The van der Waals surface area contributed by atoms with Crippen molar-refractivity contribution < 1.29 is 60.7 Å². The van der Waals surface area contributed by atoms with Crippen LogP contribution in [0.3, 0.4) is 0 Å². The Labute approximate surface area is 362 Å². The van der Waals surface area contributed by atoms with E-state index in [4.69, 9.17) is 33.2 Å². The minimum absolute atomic E-state index is 0.000260. The van der Waals surface area contributed by atoms with Gasteiger partial charge in [-0.3, -0.25) is 4.79 Å². The fraction of sp³-hybridized carbons (Fsp3) is 0.812. The van der Waals surface area contributed by atoms with Gasteiger partial charge in [0.05, 0.1) is 42.5 Å². The van der Waals surface area contributed by atoms with Crippen LogP contribution in [0.25, 0.3) is 0 Å². The molecule has 0 radical (unpaired) electrons. The number of esters is 2. The number of hydrogen-bond donors (Lipinski definition) is 0. The highest BCUT2D eigenvalue weighted by Gasteiger charge is 2.64. The Morgan fingerprint density at radius 1 is 0.738 bits per heavy atom. The fourth-order valence-electron chi connectivity index (χ4n) is 9.85. The molecule has 5 rings (SSSR count). The van der Waals surface area contributed by atoms with E-state index >= 15 is 0 Å². The molecule has 10 nitrogen and oxygen atoms in total. The number of rotatable bonds is 26. The molecule has 0 bridgehead atoms. The van der Waals surface area contributed by atoms with E-state index in [1.807, 2.05) is 0 Å². The molecule has 0 spiro atoms. The first-order valence-electron chi connectivity index (χ1n) is 23.6. The van der Waals surface area contributed by atoms with Gasteiger partial charge in [-0.25, -0.2) is 4.79 Å². The molecule has 4 aliphatic rings. The number of benzene rings is 1. The molecule has 0 amide bonds. The molecule has 4 fully saturated rings. The van der Waals surface area contributed by atoms with Crippen molar-refractivity contribution >= 4 is 17.7 Å². The van der Waals surface area contributed by atoms with Crippen LogP contribution in [0.1, 0.15) is 174 Å². The molecule has 0 saturated carbocycles. The number of alkyl halides is 3. The Balaban J connectivity index is 1.05. The number of Topliss-reactive ketones (excluding diaryl/α,β-unsaturated/α-hetero) is 1. The molecule has 1 aromatic rings. The van der Waals surface area contributed by atoms with Gasteiger partial charge in [-0.1, -0.05) is 108 Å². The van der Waals surface area contributed by atoms with Crippen molar-refractivity contribution in [3.63, 3.8) is 0 Å². The lowest BCUT2D eigenvalue weighted by atomic mass is 9.92. The average Bonchev–Trinajstić information content (AvgIpc) is 3.95. The summed E-state index contributed by atoms with van der Waals surface area (Å²) < 4.78 is 86.2. The van der Waals surface area contributed by atoms with E-state index in [0.29, 0.717) is 38.5 Å². The first-order chi connectivity index (χ1) is 29.4. The lowest BCUT2D eigenvalue weighted by Crippen LogP contribution is -2.53. The third kappa shape index (κ3) is 14.5. The van der Waals surface area contributed by atoms with Crippen molar-refractivity contribution in [1.82, 2.24) is 0 Å². The molecule has 1 aromatic carbocycles. The summed E-state index contributed by atoms with van der Waals surface area (Å²) in [6, 6.07) is 6.96. The Kier molecular flexibility index (Phi) is 20.3. The predicted octanol–water partition coefficient (Wildman–Crippen LogP) is 10.8. The van der Waals surface area contributed by atoms with Gasteiger partial charge in [0.15, 0.2) is 0 Å². The summed E-state index contributed by atoms with van der Waals surface area (Å²) in [5.41, 5.74) is -3.59. The van der Waals surface area contributed by atoms with E-state index in [0.717, 1.165) is 97.0 Å². The summed E-state index contributed by atoms with van der Waals surface area (Å²) >= 11 is 0. The zero-order chi connectivity index (χ0) is 43.7. The van der Waals surface area contributed by atoms with E-state index in [9.17, 15) is 27.6 Å². The number of halogens is 3. The molecule has 0 aromatic heterocycles. The molecular formula is C48H73F3O10. The molecule has 346 valence electrons. The minimum Gasteiger partial charge on any atom is -0.462 e. The zero-order valence-electron chi connectivity index (χ0n) is 37.0. The monoisotopic (exact) mass is 867 g/mol. The Morgan fingerprint density at radius 3 is 1.93 bits per heavy atom. The van der Waals surface area contributed by atoms with E-state index < -0.39 is 30.0 Å². The van der Waals surface area contributed by atoms with Crippen molar-refractivity contribution in [2.45, 2.75) is 229 Å². The Morgan fingerprint density at radius 2 is 1.31 bits per heavy atom. The Hall–Kier alpha value is -2.58. The second-order valence-electron chi connectivity index (χ2n) is 18.0. The normalized spacial score (nSPS) is 28.6. The van der Waals surface area contributed by atoms with Crippen LogP contribution in [0.4, 0.5) is 13.2 Å². The lowest BCUT2D eigenvalue weighted by Gasteiger charge is -2.35. The van der Waals surface area contributed by atoms with Gasteiger partial charge in [0.1, 0.15) is 24.8 Å². The summed E-state index contributed by atoms with van der Waals surface area (Å²) in [6.45, 7) is 3.81. The highest BCUT2D eigenvalue weighted by Crippen LogP contribution is 2.44. The zero-order valence-corrected chi connectivity index (χ0v) is 37.0. The maximum absolute atomic E-state index is 14.8. The molecule has 4 heterocycles. The SMILES string of the molecule is CCCCCCCCCC[C@@H](OC(=O)[C@@](OC)(c1ccccc1)C(F)(F)F)[C@H]1CC[C@H]([C@H]2CC[C@@H]([C@@H]3CC[C@@H](CCCCCCC[C@@H]4C[C@@H](CC(C)=O)C(=O)O4)O3)OCO2)O1. The topological polar surface area (TPSA) is 116 Å². The largest absolute Gasteiger partial charge is 0.462 e. The van der Waals surface area contributed by atoms with Gasteiger partial charge in [-0.15, -0.1) is 0 Å². The molecule has 4 aliphatic heterocycles. The van der Waals surface area contributed by atoms with Gasteiger partial charge in [-0.2, -0.15) is 13.2 Å². The molecule has 0 unspecified atom stereocenters. The number of unbranched alkanes of at least 4 members (excludes halogenated alkanes) is 11. The summed E-state index contributed by atoms with van der Waals surface area (Å²) in [5.74, 6) is -1.94. The van der Waals surface area contributed by atoms with Crippen molar-refractivity contribution in [2.75, 3.05) is 13.9 Å². The summed E-state index contributed by atoms with van der Waals surface area (Å²) in [4.78, 5) is 37.1. The summed E-state index contributed by atoms with van der Waals surface area (Å²) in [5, 5.41) is 0. The van der Waals surface area contributed by atoms with E-state index in [2.05, 4.69) is 6.92 Å². The van der Waals surface area contributed by atoms with E-state index in [-0.39, 0.29) is 73.1 Å². The number of ether oxygens (including phenoxy) is 7. The first-order valence-corrected chi connectivity index (χ1v) is 23.6.